The molecule has 5 rings (SSSR count). The molecule has 10 heteroatoms. The minimum Gasteiger partial charge on any atom is -0.349 e. The normalized spacial score (nSPS) is 31.1. The number of rotatable bonds is 4. The van der Waals surface area contributed by atoms with Gasteiger partial charge in [-0.3, -0.25) is 28.1 Å². The fourth-order valence-corrected chi connectivity index (χ4v) is 5.33. The number of carbonyl (C=O) groups excluding carboxylic acids is 2. The maximum Gasteiger partial charge on any atom is 0.475 e. The molecule has 8 nitrogen and oxygen atoms in total. The zero-order valence-corrected chi connectivity index (χ0v) is 17.2. The lowest BCUT2D eigenvalue weighted by molar-refractivity contribution is -0.146. The molecule has 2 aromatic carbocycles. The van der Waals surface area contributed by atoms with Gasteiger partial charge in [0.1, 0.15) is 18.4 Å². The van der Waals surface area contributed by atoms with E-state index in [1.807, 2.05) is 42.5 Å². The van der Waals surface area contributed by atoms with Crippen molar-refractivity contribution in [2.75, 3.05) is 6.61 Å². The molecule has 1 unspecified atom stereocenters. The monoisotopic (exact) mass is 447 g/mol. The fourth-order valence-electron chi connectivity index (χ4n) is 3.95. The second kappa shape index (κ2) is 7.93. The Morgan fingerprint density at radius 2 is 1.94 bits per heavy atom. The van der Waals surface area contributed by atoms with Crippen molar-refractivity contribution in [3.05, 3.63) is 60.1 Å². The second-order valence-corrected chi connectivity index (χ2v) is 9.16. The second-order valence-electron chi connectivity index (χ2n) is 7.54. The summed E-state index contributed by atoms with van der Waals surface area (Å²) in [6, 6.07) is 13.5. The summed E-state index contributed by atoms with van der Waals surface area (Å²) >= 11 is 0. The van der Waals surface area contributed by atoms with Crippen LogP contribution in [0.5, 0.6) is 0 Å². The number of halogens is 1. The van der Waals surface area contributed by atoms with Gasteiger partial charge in [0.05, 0.1) is 19.6 Å². The molecule has 0 aliphatic carbocycles. The number of ketones is 1. The first kappa shape index (κ1) is 20.5. The van der Waals surface area contributed by atoms with E-state index in [0.29, 0.717) is 0 Å². The van der Waals surface area contributed by atoms with E-state index in [-0.39, 0.29) is 19.6 Å². The molecule has 0 saturated carbocycles. The van der Waals surface area contributed by atoms with E-state index in [0.717, 1.165) is 27.4 Å². The Hall–Kier alpha value is -2.42. The van der Waals surface area contributed by atoms with Crippen molar-refractivity contribution in [2.24, 2.45) is 0 Å². The Labute approximate surface area is 177 Å². The number of fused-ring (bicyclic) bond motifs is 2. The van der Waals surface area contributed by atoms with E-state index < -0.39 is 50.2 Å². The van der Waals surface area contributed by atoms with Crippen molar-refractivity contribution >= 4 is 30.3 Å². The van der Waals surface area contributed by atoms with Gasteiger partial charge in [-0.15, -0.1) is 0 Å². The zero-order chi connectivity index (χ0) is 21.6. The van der Waals surface area contributed by atoms with Crippen molar-refractivity contribution in [1.82, 2.24) is 4.90 Å². The number of Topliss-reactive ketones (excluding diaryl/α,β-unsaturated/α-hetero) is 1. The van der Waals surface area contributed by atoms with Gasteiger partial charge in [0.15, 0.2) is 5.83 Å². The summed E-state index contributed by atoms with van der Waals surface area (Å²) < 4.78 is 48.9. The van der Waals surface area contributed by atoms with Crippen LogP contribution in [0.4, 0.5) is 4.39 Å². The third-order valence-electron chi connectivity index (χ3n) is 5.53. The maximum atomic E-state index is 13.7. The predicted molar refractivity (Wildman–Crippen MR) is 106 cm³/mol. The van der Waals surface area contributed by atoms with Gasteiger partial charge in [-0.05, 0) is 16.3 Å². The highest BCUT2D eigenvalue weighted by atomic mass is 31.2. The van der Waals surface area contributed by atoms with Gasteiger partial charge in [0, 0.05) is 12.6 Å². The van der Waals surface area contributed by atoms with Crippen molar-refractivity contribution in [2.45, 2.75) is 37.9 Å². The summed E-state index contributed by atoms with van der Waals surface area (Å²) in [5.41, 5.74) is 0.840. The van der Waals surface area contributed by atoms with E-state index in [9.17, 15) is 18.5 Å². The molecule has 0 spiro atoms. The van der Waals surface area contributed by atoms with Gasteiger partial charge in [0.2, 0.25) is 11.7 Å². The third-order valence-corrected chi connectivity index (χ3v) is 6.97. The van der Waals surface area contributed by atoms with Crippen LogP contribution in [0.2, 0.25) is 0 Å². The Morgan fingerprint density at radius 1 is 1.13 bits per heavy atom. The van der Waals surface area contributed by atoms with Gasteiger partial charge in [-0.25, -0.2) is 8.96 Å². The van der Waals surface area contributed by atoms with Gasteiger partial charge in [-0.1, -0.05) is 42.5 Å². The summed E-state index contributed by atoms with van der Waals surface area (Å²) in [6.07, 6.45) is -1.64. The number of phosphoric ester groups is 1. The largest absolute Gasteiger partial charge is 0.475 e. The summed E-state index contributed by atoms with van der Waals surface area (Å²) in [4.78, 5) is 24.5. The Morgan fingerprint density at radius 3 is 2.81 bits per heavy atom. The number of allylic oxidation sites excluding steroid dienone is 1. The standard InChI is InChI=1S/C21H19FNO7P/c22-16-10-23(20(25)8-17(16)24)21-9-18-19(29-21)12-28-31(26,30-18)27-11-14-6-3-5-13-4-1-2-7-15(13)14/h1-7,10,18-19,21H,8-9,11-12H2/t18-,19+,21+,31?/m0/s1. The van der Waals surface area contributed by atoms with Crippen molar-refractivity contribution in [1.29, 1.82) is 0 Å². The SMILES string of the molecule is O=C1CC(=O)N([C@H]2C[C@@H]3OP(=O)(OCc4cccc5ccccc45)OC[C@H]3O2)C=C1F. The topological polar surface area (TPSA) is 91.4 Å². The van der Waals surface area contributed by atoms with Crippen molar-refractivity contribution < 1.29 is 36.9 Å². The molecular formula is C21H19FNO7P. The number of benzene rings is 2. The molecule has 0 radical (unpaired) electrons. The number of nitrogens with zero attached hydrogens (tertiary/aromatic N) is 1. The first-order valence-electron chi connectivity index (χ1n) is 9.83. The summed E-state index contributed by atoms with van der Waals surface area (Å²) in [5.74, 6) is -2.42. The molecule has 2 saturated heterocycles. The van der Waals surface area contributed by atoms with Crippen LogP contribution >= 0.6 is 7.82 Å². The van der Waals surface area contributed by atoms with Crippen LogP contribution in [0.3, 0.4) is 0 Å². The highest BCUT2D eigenvalue weighted by molar-refractivity contribution is 7.48. The average molecular weight is 447 g/mol. The van der Waals surface area contributed by atoms with E-state index in [4.69, 9.17) is 18.3 Å². The van der Waals surface area contributed by atoms with Crippen LogP contribution < -0.4 is 0 Å². The average Bonchev–Trinajstić information content (AvgIpc) is 3.17. The Balaban J connectivity index is 1.26. The molecule has 31 heavy (non-hydrogen) atoms. The zero-order valence-electron chi connectivity index (χ0n) is 16.3. The molecule has 4 atom stereocenters. The van der Waals surface area contributed by atoms with E-state index in [1.54, 1.807) is 0 Å². The minimum atomic E-state index is -3.86. The maximum absolute atomic E-state index is 13.7. The highest BCUT2D eigenvalue weighted by Gasteiger charge is 2.49. The summed E-state index contributed by atoms with van der Waals surface area (Å²) in [7, 11) is -3.86. The first-order chi connectivity index (χ1) is 14.9. The van der Waals surface area contributed by atoms with E-state index >= 15 is 0 Å². The van der Waals surface area contributed by atoms with Gasteiger partial charge >= 0.3 is 7.82 Å². The number of carbonyl (C=O) groups is 2. The van der Waals surface area contributed by atoms with Crippen molar-refractivity contribution in [3.8, 4) is 0 Å². The molecule has 0 aromatic heterocycles. The van der Waals surface area contributed by atoms with Gasteiger partial charge in [-0.2, -0.15) is 0 Å². The fraction of sp³-hybridized carbons (Fsp3) is 0.333. The highest BCUT2D eigenvalue weighted by Crippen LogP contribution is 2.56. The number of amides is 1. The lowest BCUT2D eigenvalue weighted by atomic mass is 10.1. The Bertz CT molecular complexity index is 1130. The summed E-state index contributed by atoms with van der Waals surface area (Å²) in [5, 5.41) is 2.01. The van der Waals surface area contributed by atoms with E-state index in [1.165, 1.54) is 0 Å². The lowest BCUT2D eigenvalue weighted by Gasteiger charge is -2.30. The van der Waals surface area contributed by atoms with Crippen LogP contribution in [0.25, 0.3) is 10.8 Å². The molecule has 162 valence electrons. The minimum absolute atomic E-state index is 0.0287. The molecule has 1 amide bonds. The molecule has 0 bridgehead atoms. The van der Waals surface area contributed by atoms with Crippen LogP contribution in [0.15, 0.2) is 54.5 Å². The van der Waals surface area contributed by atoms with Gasteiger partial charge in [0.25, 0.3) is 0 Å². The van der Waals surface area contributed by atoms with Crippen LogP contribution in [0.1, 0.15) is 18.4 Å². The van der Waals surface area contributed by atoms with Crippen molar-refractivity contribution in [3.63, 3.8) is 0 Å². The molecule has 3 aliphatic heterocycles. The van der Waals surface area contributed by atoms with Crippen LogP contribution in [0, 0.1) is 0 Å². The van der Waals surface area contributed by atoms with Gasteiger partial charge < -0.3 is 4.74 Å². The smallest absolute Gasteiger partial charge is 0.349 e. The number of hydrogen-bond donors (Lipinski definition) is 0. The predicted octanol–water partition coefficient (Wildman–Crippen LogP) is 3.61. The molecule has 3 heterocycles. The number of hydrogen-bond acceptors (Lipinski definition) is 7. The number of ether oxygens (including phenoxy) is 1. The first-order valence-corrected chi connectivity index (χ1v) is 11.3. The molecule has 2 aromatic rings. The van der Waals surface area contributed by atoms with Crippen LogP contribution in [-0.2, 0) is 39.1 Å². The molecule has 3 aliphatic rings. The Kier molecular flexibility index (Phi) is 5.24. The third kappa shape index (κ3) is 3.95. The molecule has 2 fully saturated rings. The summed E-state index contributed by atoms with van der Waals surface area (Å²) in [6.45, 7) is -0.0257. The number of phosphoric acid groups is 1. The molecular weight excluding hydrogens is 428 g/mol. The quantitative estimate of drug-likeness (QED) is 0.522. The van der Waals surface area contributed by atoms with E-state index in [2.05, 4.69) is 0 Å². The van der Waals surface area contributed by atoms with Crippen LogP contribution in [-0.4, -0.2) is 41.6 Å². The molecule has 0 N–H and O–H groups in total. The lowest BCUT2D eigenvalue weighted by Crippen LogP contribution is -2.40.